The molecular weight excluding hydrogens is 244 g/mol. The highest BCUT2D eigenvalue weighted by atomic mass is 16.5. The number of hydrogen-bond acceptors (Lipinski definition) is 4. The van der Waals surface area contributed by atoms with Crippen LogP contribution in [-0.4, -0.2) is 26.7 Å². The summed E-state index contributed by atoms with van der Waals surface area (Å²) in [4.78, 5) is 12.1. The van der Waals surface area contributed by atoms with Crippen LogP contribution in [0.3, 0.4) is 0 Å². The molecule has 0 heterocycles. The highest BCUT2D eigenvalue weighted by Gasteiger charge is 2.17. The van der Waals surface area contributed by atoms with Crippen molar-refractivity contribution in [2.24, 2.45) is 5.41 Å². The number of ether oxygens (including phenoxy) is 2. The Morgan fingerprint density at radius 3 is 2.21 bits per heavy atom. The summed E-state index contributed by atoms with van der Waals surface area (Å²) in [5, 5.41) is 2.85. The van der Waals surface area contributed by atoms with Crippen molar-refractivity contribution in [3.63, 3.8) is 0 Å². The fourth-order valence-corrected chi connectivity index (χ4v) is 1.53. The monoisotopic (exact) mass is 266 g/mol. The molecule has 0 aromatic heterocycles. The molecule has 19 heavy (non-hydrogen) atoms. The zero-order valence-electron chi connectivity index (χ0n) is 12.2. The van der Waals surface area contributed by atoms with Crippen molar-refractivity contribution in [2.75, 3.05) is 26.5 Å². The van der Waals surface area contributed by atoms with Crippen LogP contribution < -0.4 is 20.5 Å². The van der Waals surface area contributed by atoms with E-state index in [1.165, 1.54) is 14.2 Å². The Labute approximate surface area is 114 Å². The molecule has 106 valence electrons. The van der Waals surface area contributed by atoms with Gasteiger partial charge in [-0.2, -0.15) is 0 Å². The van der Waals surface area contributed by atoms with E-state index in [1.54, 1.807) is 12.1 Å². The quantitative estimate of drug-likeness (QED) is 0.818. The van der Waals surface area contributed by atoms with Crippen molar-refractivity contribution in [2.45, 2.75) is 20.8 Å². The van der Waals surface area contributed by atoms with E-state index in [2.05, 4.69) is 5.32 Å². The summed E-state index contributed by atoms with van der Waals surface area (Å²) in [7, 11) is 3.04. The van der Waals surface area contributed by atoms with Gasteiger partial charge in [-0.05, 0) is 11.5 Å². The molecule has 1 aromatic rings. The first-order chi connectivity index (χ1) is 8.78. The molecule has 0 saturated heterocycles. The van der Waals surface area contributed by atoms with Crippen LogP contribution in [0.4, 0.5) is 5.69 Å². The molecule has 0 fully saturated rings. The van der Waals surface area contributed by atoms with E-state index >= 15 is 0 Å². The van der Waals surface area contributed by atoms with Gasteiger partial charge in [-0.1, -0.05) is 20.8 Å². The van der Waals surface area contributed by atoms with Crippen LogP contribution in [0, 0.1) is 5.41 Å². The fraction of sp³-hybridized carbons (Fsp3) is 0.500. The third kappa shape index (κ3) is 4.05. The predicted octanol–water partition coefficient (Wildman–Crippen LogP) is 2.06. The molecule has 0 spiro atoms. The van der Waals surface area contributed by atoms with Crippen LogP contribution in [0.15, 0.2) is 12.1 Å². The molecule has 1 amide bonds. The molecule has 3 N–H and O–H groups in total. The smallest absolute Gasteiger partial charge is 0.253 e. The maximum Gasteiger partial charge on any atom is 0.253 e. The molecule has 1 rings (SSSR count). The number of methoxy groups -OCH3 is 2. The Balaban J connectivity index is 2.97. The van der Waals surface area contributed by atoms with E-state index in [9.17, 15) is 4.79 Å². The zero-order chi connectivity index (χ0) is 14.6. The summed E-state index contributed by atoms with van der Waals surface area (Å²) in [5.74, 6) is 0.776. The first-order valence-corrected chi connectivity index (χ1v) is 6.08. The lowest BCUT2D eigenvalue weighted by molar-refractivity contribution is 0.0940. The number of nitrogen functional groups attached to an aromatic ring is 1. The minimum Gasteiger partial charge on any atom is -0.493 e. The summed E-state index contributed by atoms with van der Waals surface area (Å²) in [6.07, 6.45) is 0. The van der Waals surface area contributed by atoms with Gasteiger partial charge in [0.25, 0.3) is 5.91 Å². The molecule has 0 radical (unpaired) electrons. The number of amides is 1. The molecule has 1 aromatic carbocycles. The van der Waals surface area contributed by atoms with Crippen LogP contribution in [0.1, 0.15) is 31.1 Å². The molecule has 5 heteroatoms. The van der Waals surface area contributed by atoms with Crippen molar-refractivity contribution < 1.29 is 14.3 Å². The Hall–Kier alpha value is -1.91. The van der Waals surface area contributed by atoms with Gasteiger partial charge in [0, 0.05) is 18.3 Å². The largest absolute Gasteiger partial charge is 0.493 e. The lowest BCUT2D eigenvalue weighted by Gasteiger charge is -2.19. The van der Waals surface area contributed by atoms with Gasteiger partial charge in [-0.25, -0.2) is 0 Å². The summed E-state index contributed by atoms with van der Waals surface area (Å²) >= 11 is 0. The van der Waals surface area contributed by atoms with E-state index in [0.29, 0.717) is 29.3 Å². The lowest BCUT2D eigenvalue weighted by atomic mass is 9.97. The molecule has 0 aliphatic carbocycles. The minimum atomic E-state index is -0.214. The standard InChI is InChI=1S/C14H22N2O3/c1-14(2,3)8-16-13(17)9-6-11(18-4)12(19-5)7-10(9)15/h6-7H,8,15H2,1-5H3,(H,16,17). The molecule has 0 aliphatic rings. The summed E-state index contributed by atoms with van der Waals surface area (Å²) in [5.41, 5.74) is 6.63. The van der Waals surface area contributed by atoms with Crippen LogP contribution >= 0.6 is 0 Å². The highest BCUT2D eigenvalue weighted by Crippen LogP contribution is 2.31. The Bertz CT molecular complexity index is 464. The molecule has 0 aliphatic heterocycles. The van der Waals surface area contributed by atoms with Gasteiger partial charge in [0.2, 0.25) is 0 Å². The van der Waals surface area contributed by atoms with E-state index < -0.39 is 0 Å². The summed E-state index contributed by atoms with van der Waals surface area (Å²) < 4.78 is 10.3. The van der Waals surface area contributed by atoms with E-state index in [0.717, 1.165) is 0 Å². The normalized spacial score (nSPS) is 11.0. The van der Waals surface area contributed by atoms with Crippen molar-refractivity contribution in [3.05, 3.63) is 17.7 Å². The summed E-state index contributed by atoms with van der Waals surface area (Å²) in [6.45, 7) is 6.71. The Morgan fingerprint density at radius 2 is 1.74 bits per heavy atom. The number of carbonyl (C=O) groups is 1. The van der Waals surface area contributed by atoms with Gasteiger partial charge in [-0.15, -0.1) is 0 Å². The fourth-order valence-electron chi connectivity index (χ4n) is 1.53. The van der Waals surface area contributed by atoms with E-state index in [-0.39, 0.29) is 11.3 Å². The van der Waals surface area contributed by atoms with Crippen LogP contribution in [-0.2, 0) is 0 Å². The third-order valence-electron chi connectivity index (χ3n) is 2.58. The molecule has 0 saturated carbocycles. The first-order valence-electron chi connectivity index (χ1n) is 6.08. The number of nitrogens with two attached hydrogens (primary N) is 1. The van der Waals surface area contributed by atoms with E-state index in [1.807, 2.05) is 20.8 Å². The Morgan fingerprint density at radius 1 is 1.21 bits per heavy atom. The molecule has 0 unspecified atom stereocenters. The molecular formula is C14H22N2O3. The van der Waals surface area contributed by atoms with Crippen molar-refractivity contribution in [1.29, 1.82) is 0 Å². The number of anilines is 1. The second-order valence-electron chi connectivity index (χ2n) is 5.54. The van der Waals surface area contributed by atoms with Gasteiger partial charge < -0.3 is 20.5 Å². The van der Waals surface area contributed by atoms with Crippen LogP contribution in [0.2, 0.25) is 0 Å². The molecule has 5 nitrogen and oxygen atoms in total. The van der Waals surface area contributed by atoms with Gasteiger partial charge in [0.05, 0.1) is 19.8 Å². The number of benzene rings is 1. The number of hydrogen-bond donors (Lipinski definition) is 2. The first kappa shape index (κ1) is 15.1. The van der Waals surface area contributed by atoms with Gasteiger partial charge in [0.1, 0.15) is 0 Å². The van der Waals surface area contributed by atoms with Gasteiger partial charge in [-0.3, -0.25) is 4.79 Å². The number of nitrogens with one attached hydrogen (secondary N) is 1. The van der Waals surface area contributed by atoms with Crippen molar-refractivity contribution in [1.82, 2.24) is 5.32 Å². The molecule has 0 bridgehead atoms. The second kappa shape index (κ2) is 5.82. The van der Waals surface area contributed by atoms with Crippen molar-refractivity contribution >= 4 is 11.6 Å². The molecule has 0 atom stereocenters. The summed E-state index contributed by atoms with van der Waals surface area (Å²) in [6, 6.07) is 3.18. The maximum absolute atomic E-state index is 12.1. The topological polar surface area (TPSA) is 73.6 Å². The Kier molecular flexibility index (Phi) is 4.64. The predicted molar refractivity (Wildman–Crippen MR) is 75.7 cm³/mol. The van der Waals surface area contributed by atoms with Crippen LogP contribution in [0.25, 0.3) is 0 Å². The average molecular weight is 266 g/mol. The van der Waals surface area contributed by atoms with Crippen molar-refractivity contribution in [3.8, 4) is 11.5 Å². The van der Waals surface area contributed by atoms with Gasteiger partial charge >= 0.3 is 0 Å². The van der Waals surface area contributed by atoms with Gasteiger partial charge in [0.15, 0.2) is 11.5 Å². The maximum atomic E-state index is 12.1. The second-order valence-corrected chi connectivity index (χ2v) is 5.54. The average Bonchev–Trinajstić information content (AvgIpc) is 2.34. The third-order valence-corrected chi connectivity index (χ3v) is 2.58. The number of rotatable bonds is 4. The highest BCUT2D eigenvalue weighted by molar-refractivity contribution is 6.00. The van der Waals surface area contributed by atoms with Crippen LogP contribution in [0.5, 0.6) is 11.5 Å². The zero-order valence-corrected chi connectivity index (χ0v) is 12.2. The lowest BCUT2D eigenvalue weighted by Crippen LogP contribution is -2.32. The number of carbonyl (C=O) groups excluding carboxylic acids is 1. The SMILES string of the molecule is COc1cc(N)c(C(=O)NCC(C)(C)C)cc1OC. The minimum absolute atomic E-state index is 0.0149. The van der Waals surface area contributed by atoms with E-state index in [4.69, 9.17) is 15.2 Å².